The number of piperidine rings is 1. The number of carbonyl (C=O) groups excluding carboxylic acids is 3. The zero-order valence-corrected chi connectivity index (χ0v) is 10.8. The Hall–Kier alpha value is -2.50. The van der Waals surface area contributed by atoms with Crippen LogP contribution in [0.1, 0.15) is 12.8 Å². The van der Waals surface area contributed by atoms with E-state index < -0.39 is 23.7 Å². The van der Waals surface area contributed by atoms with Crippen molar-refractivity contribution in [1.29, 1.82) is 0 Å². The summed E-state index contributed by atoms with van der Waals surface area (Å²) >= 11 is 0. The molecule has 5 nitrogen and oxygen atoms in total. The van der Waals surface area contributed by atoms with Gasteiger partial charge in [0.1, 0.15) is 11.9 Å². The van der Waals surface area contributed by atoms with Crippen molar-refractivity contribution < 1.29 is 18.8 Å². The fraction of sp³-hybridized carbons (Fsp3) is 0.214. The molecule has 6 heteroatoms. The van der Waals surface area contributed by atoms with Crippen molar-refractivity contribution in [3.05, 3.63) is 48.9 Å². The first-order valence-corrected chi connectivity index (χ1v) is 5.94. The van der Waals surface area contributed by atoms with E-state index in [4.69, 9.17) is 0 Å². The fourth-order valence-corrected chi connectivity index (χ4v) is 1.60. The Morgan fingerprint density at radius 1 is 1.45 bits per heavy atom. The highest BCUT2D eigenvalue weighted by Gasteiger charge is 2.28. The Morgan fingerprint density at radius 2 is 2.15 bits per heavy atom. The zero-order valence-electron chi connectivity index (χ0n) is 10.8. The highest BCUT2D eigenvalue weighted by atomic mass is 19.1. The summed E-state index contributed by atoms with van der Waals surface area (Å²) < 4.78 is 12.8. The lowest BCUT2D eigenvalue weighted by molar-refractivity contribution is -0.136. The number of halogens is 1. The van der Waals surface area contributed by atoms with Gasteiger partial charge in [0, 0.05) is 12.0 Å². The Bertz CT molecular complexity index is 521. The van der Waals surface area contributed by atoms with Gasteiger partial charge >= 0.3 is 0 Å². The van der Waals surface area contributed by atoms with Crippen LogP contribution in [-0.2, 0) is 14.4 Å². The molecule has 1 saturated heterocycles. The number of hydrogen-bond acceptors (Lipinski definition) is 3. The van der Waals surface area contributed by atoms with Crippen LogP contribution in [0.2, 0.25) is 0 Å². The molecule has 20 heavy (non-hydrogen) atoms. The van der Waals surface area contributed by atoms with E-state index in [-0.39, 0.29) is 24.3 Å². The first-order chi connectivity index (χ1) is 9.43. The van der Waals surface area contributed by atoms with E-state index in [0.717, 1.165) is 6.08 Å². The summed E-state index contributed by atoms with van der Waals surface area (Å²) in [7, 11) is 0. The first-order valence-electron chi connectivity index (χ1n) is 5.94. The van der Waals surface area contributed by atoms with Crippen molar-refractivity contribution >= 4 is 17.7 Å². The van der Waals surface area contributed by atoms with Crippen LogP contribution in [0, 0.1) is 0 Å². The summed E-state index contributed by atoms with van der Waals surface area (Å²) in [6, 6.07) is -0.811. The summed E-state index contributed by atoms with van der Waals surface area (Å²) in [6.45, 7) is 6.49. The second-order valence-corrected chi connectivity index (χ2v) is 4.12. The summed E-state index contributed by atoms with van der Waals surface area (Å²) in [6.07, 6.45) is 5.53. The maximum atomic E-state index is 12.8. The largest absolute Gasteiger partial charge is 0.340 e. The predicted molar refractivity (Wildman–Crippen MR) is 72.0 cm³/mol. The molecule has 0 spiro atoms. The van der Waals surface area contributed by atoms with Crippen molar-refractivity contribution in [2.45, 2.75) is 18.9 Å². The predicted octanol–water partition coefficient (Wildman–Crippen LogP) is 1.06. The third-order valence-corrected chi connectivity index (χ3v) is 2.53. The van der Waals surface area contributed by atoms with E-state index in [1.54, 1.807) is 0 Å². The first kappa shape index (κ1) is 15.6. The Balaban J connectivity index is 2.78. The van der Waals surface area contributed by atoms with Crippen LogP contribution in [0.4, 0.5) is 4.39 Å². The molecule has 1 unspecified atom stereocenters. The molecular weight excluding hydrogens is 263 g/mol. The summed E-state index contributed by atoms with van der Waals surface area (Å²) in [5.41, 5.74) is 0.00194. The number of hydrogen-bond donors (Lipinski definition) is 2. The molecule has 1 rings (SSSR count). The second-order valence-electron chi connectivity index (χ2n) is 4.12. The molecule has 1 heterocycles. The minimum absolute atomic E-state index is 0.00194. The molecule has 1 atom stereocenters. The molecule has 1 aliphatic heterocycles. The maximum Gasteiger partial charge on any atom is 0.252 e. The van der Waals surface area contributed by atoms with Crippen LogP contribution >= 0.6 is 0 Å². The smallest absolute Gasteiger partial charge is 0.252 e. The third kappa shape index (κ3) is 4.64. The van der Waals surface area contributed by atoms with Gasteiger partial charge in [0.05, 0.1) is 0 Å². The van der Waals surface area contributed by atoms with Gasteiger partial charge in [-0.2, -0.15) is 0 Å². The average molecular weight is 278 g/mol. The van der Waals surface area contributed by atoms with Gasteiger partial charge in [-0.25, -0.2) is 4.39 Å². The van der Waals surface area contributed by atoms with E-state index in [0.29, 0.717) is 0 Å². The van der Waals surface area contributed by atoms with Gasteiger partial charge in [-0.1, -0.05) is 25.3 Å². The molecule has 1 aliphatic rings. The fourth-order valence-electron chi connectivity index (χ4n) is 1.60. The lowest BCUT2D eigenvalue weighted by atomic mass is 10.1. The van der Waals surface area contributed by atoms with Crippen LogP contribution in [0.25, 0.3) is 0 Å². The van der Waals surface area contributed by atoms with E-state index in [9.17, 15) is 18.8 Å². The number of nitrogens with one attached hydrogen (secondary N) is 2. The summed E-state index contributed by atoms with van der Waals surface area (Å²) in [5.74, 6) is -2.36. The quantitative estimate of drug-likeness (QED) is 0.448. The molecule has 3 amide bonds. The Labute approximate surface area is 115 Å². The van der Waals surface area contributed by atoms with Gasteiger partial charge in [-0.15, -0.1) is 0 Å². The van der Waals surface area contributed by atoms with Gasteiger partial charge < -0.3 is 5.32 Å². The van der Waals surface area contributed by atoms with E-state index in [1.807, 2.05) is 0 Å². The minimum Gasteiger partial charge on any atom is -0.340 e. The number of imide groups is 1. The van der Waals surface area contributed by atoms with Crippen molar-refractivity contribution in [2.75, 3.05) is 0 Å². The Kier molecular flexibility index (Phi) is 5.58. The topological polar surface area (TPSA) is 75.3 Å². The third-order valence-electron chi connectivity index (χ3n) is 2.53. The van der Waals surface area contributed by atoms with Crippen LogP contribution in [0.3, 0.4) is 0 Å². The maximum absolute atomic E-state index is 12.8. The highest BCUT2D eigenvalue weighted by molar-refractivity contribution is 6.04. The summed E-state index contributed by atoms with van der Waals surface area (Å²) in [4.78, 5) is 34.4. The monoisotopic (exact) mass is 278 g/mol. The number of rotatable bonds is 5. The highest BCUT2D eigenvalue weighted by Crippen LogP contribution is 2.08. The molecule has 0 aromatic carbocycles. The van der Waals surface area contributed by atoms with Gasteiger partial charge in [0.2, 0.25) is 11.8 Å². The molecule has 0 aromatic heterocycles. The molecular formula is C14H15FN2O3. The van der Waals surface area contributed by atoms with E-state index in [2.05, 4.69) is 23.8 Å². The molecule has 2 N–H and O–H groups in total. The zero-order chi connectivity index (χ0) is 15.1. The molecule has 0 saturated carbocycles. The van der Waals surface area contributed by atoms with Gasteiger partial charge in [0.25, 0.3) is 5.91 Å². The number of allylic oxidation sites excluding steroid dienone is 4. The molecule has 106 valence electrons. The lowest BCUT2D eigenvalue weighted by Gasteiger charge is -2.21. The molecule has 0 aliphatic carbocycles. The van der Waals surface area contributed by atoms with Crippen LogP contribution in [0.5, 0.6) is 0 Å². The van der Waals surface area contributed by atoms with Gasteiger partial charge in [-0.05, 0) is 18.6 Å². The van der Waals surface area contributed by atoms with E-state index in [1.165, 1.54) is 18.2 Å². The average Bonchev–Trinajstić information content (AvgIpc) is 2.37. The SMILES string of the molecule is C=CC=C/C(=C\C(=C)F)C(=O)NC1CCC(=O)NC1=O. The van der Waals surface area contributed by atoms with Crippen molar-refractivity contribution in [2.24, 2.45) is 0 Å². The Morgan fingerprint density at radius 3 is 2.70 bits per heavy atom. The van der Waals surface area contributed by atoms with Crippen molar-refractivity contribution in [3.63, 3.8) is 0 Å². The molecule has 0 aromatic rings. The number of carbonyl (C=O) groups is 3. The molecule has 0 bridgehead atoms. The van der Waals surface area contributed by atoms with E-state index >= 15 is 0 Å². The summed E-state index contributed by atoms with van der Waals surface area (Å²) in [5, 5.41) is 4.56. The van der Waals surface area contributed by atoms with Gasteiger partial charge in [0.15, 0.2) is 0 Å². The lowest BCUT2D eigenvalue weighted by Crippen LogP contribution is -2.52. The molecule has 0 radical (unpaired) electrons. The van der Waals surface area contributed by atoms with Gasteiger partial charge in [-0.3, -0.25) is 19.7 Å². The van der Waals surface area contributed by atoms with Crippen LogP contribution in [0.15, 0.2) is 48.9 Å². The van der Waals surface area contributed by atoms with Crippen LogP contribution < -0.4 is 10.6 Å². The second kappa shape index (κ2) is 7.18. The standard InChI is InChI=1S/C14H15FN2O3/c1-3-4-5-10(8-9(2)15)13(19)16-11-6-7-12(18)17-14(11)20/h3-5,8,11H,1-2,6-7H2,(H,16,19)(H,17,18,20)/b5-4?,10-8+. The van der Waals surface area contributed by atoms with Crippen molar-refractivity contribution in [1.82, 2.24) is 10.6 Å². The normalized spacial score (nSPS) is 19.6. The minimum atomic E-state index is -0.811. The molecule has 1 fully saturated rings. The van der Waals surface area contributed by atoms with Crippen LogP contribution in [-0.4, -0.2) is 23.8 Å². The number of amides is 3. The van der Waals surface area contributed by atoms with Crippen molar-refractivity contribution in [3.8, 4) is 0 Å².